The molecule has 1 atom stereocenters. The number of allylic oxidation sites excluding steroid dienone is 1. The number of carboxylic acids is 2. The molecule has 0 spiro atoms. The summed E-state index contributed by atoms with van der Waals surface area (Å²) in [4.78, 5) is 39.5. The number of aliphatic carboxylic acids is 2. The van der Waals surface area contributed by atoms with Crippen molar-refractivity contribution in [2.24, 2.45) is 4.99 Å². The van der Waals surface area contributed by atoms with E-state index in [9.17, 15) is 23.1 Å². The number of thiol groups is 1. The summed E-state index contributed by atoms with van der Waals surface area (Å²) in [5, 5.41) is 33.0. The van der Waals surface area contributed by atoms with Gasteiger partial charge in [0.15, 0.2) is 5.17 Å². The molecule has 1 aromatic carbocycles. The molecule has 0 saturated carbocycles. The molecule has 12 nitrogen and oxygen atoms in total. The zero-order valence-corrected chi connectivity index (χ0v) is 24.0. The van der Waals surface area contributed by atoms with E-state index in [4.69, 9.17) is 20.1 Å². The first-order chi connectivity index (χ1) is 19.8. The number of benzene rings is 1. The smallest absolute Gasteiger partial charge is 0.477 e. The van der Waals surface area contributed by atoms with Crippen LogP contribution in [-0.2, 0) is 16.1 Å². The van der Waals surface area contributed by atoms with E-state index in [0.29, 0.717) is 45.4 Å². The average Bonchev–Trinajstić information content (AvgIpc) is 3.26. The fourth-order valence-corrected chi connectivity index (χ4v) is 6.02. The number of anilines is 3. The number of likely N-dealkylation sites (N-methyl/N-ethyl adjacent to an activating group) is 1. The van der Waals surface area contributed by atoms with Crippen molar-refractivity contribution >= 4 is 45.6 Å². The fraction of sp³-hybridized carbons (Fsp3) is 0.385. The summed E-state index contributed by atoms with van der Waals surface area (Å²) < 4.78 is 31.7. The first-order valence-electron chi connectivity index (χ1n) is 12.7. The second kappa shape index (κ2) is 14.0. The van der Waals surface area contributed by atoms with Crippen LogP contribution in [0.25, 0.3) is 0 Å². The highest BCUT2D eigenvalue weighted by Crippen LogP contribution is 2.44. The number of amidine groups is 1. The van der Waals surface area contributed by atoms with E-state index in [-0.39, 0.29) is 0 Å². The normalized spacial score (nSPS) is 18.0. The molecule has 2 aliphatic heterocycles. The van der Waals surface area contributed by atoms with Crippen molar-refractivity contribution in [3.8, 4) is 6.07 Å². The Morgan fingerprint density at radius 3 is 2.26 bits per heavy atom. The first kappa shape index (κ1) is 32.2. The van der Waals surface area contributed by atoms with Crippen LogP contribution in [-0.4, -0.2) is 87.3 Å². The molecule has 1 saturated heterocycles. The largest absolute Gasteiger partial charge is 0.490 e. The molecule has 16 heteroatoms. The molecule has 2 aromatic rings. The Kier molecular flexibility index (Phi) is 10.7. The minimum Gasteiger partial charge on any atom is -0.477 e. The number of rotatable bonds is 7. The van der Waals surface area contributed by atoms with Crippen LogP contribution in [0.3, 0.4) is 0 Å². The Morgan fingerprint density at radius 2 is 1.74 bits per heavy atom. The second-order valence-corrected chi connectivity index (χ2v) is 11.6. The SMILES string of the molecule is CC[SH]1C(Nc2nc(NCc3ccc(C#N)cc3)cc(N3CCN(C)CC3)n2)=NC(C)=C1C(=O)O.O=C(O)C(F)(F)F. The standard InChI is InChI=1S/C24H30N8O2S.C2HF3O2/c1-4-35-21(22(33)34)16(2)27-24(35)30-23-28-19(26-15-18-7-5-17(14-25)6-8-18)13-20(29-23)32-11-9-31(3)10-12-32;3-2(4,5)1(6)7/h5-8,13,35H,4,9-12,15H2,1-3H3,(H,33,34)(H2,26,27,28,29,30);(H,6,7). The van der Waals surface area contributed by atoms with Crippen LogP contribution in [0.5, 0.6) is 0 Å². The summed E-state index contributed by atoms with van der Waals surface area (Å²) in [7, 11) is 1.02. The molecule has 42 heavy (non-hydrogen) atoms. The van der Waals surface area contributed by atoms with E-state index in [1.54, 1.807) is 19.1 Å². The van der Waals surface area contributed by atoms with Gasteiger partial charge in [-0.05, 0) is 37.4 Å². The van der Waals surface area contributed by atoms with Gasteiger partial charge in [-0.25, -0.2) is 14.6 Å². The minimum atomic E-state index is -5.08. The van der Waals surface area contributed by atoms with Crippen LogP contribution >= 0.6 is 10.9 Å². The molecule has 0 bridgehead atoms. The van der Waals surface area contributed by atoms with Crippen molar-refractivity contribution < 1.29 is 33.0 Å². The van der Waals surface area contributed by atoms with Gasteiger partial charge in [-0.1, -0.05) is 19.1 Å². The molecule has 0 aliphatic carbocycles. The van der Waals surface area contributed by atoms with Gasteiger partial charge in [0, 0.05) is 38.8 Å². The number of alkyl halides is 3. The van der Waals surface area contributed by atoms with Crippen molar-refractivity contribution in [2.45, 2.75) is 26.6 Å². The number of nitriles is 1. The third-order valence-electron chi connectivity index (χ3n) is 6.22. The van der Waals surface area contributed by atoms with Crippen LogP contribution in [0.4, 0.5) is 30.8 Å². The fourth-order valence-electron chi connectivity index (χ4n) is 4.02. The molecule has 0 amide bonds. The number of halogens is 3. The Bertz CT molecular complexity index is 1400. The zero-order valence-electron chi connectivity index (χ0n) is 23.1. The number of carbonyl (C=O) groups is 2. The van der Waals surface area contributed by atoms with Crippen LogP contribution < -0.4 is 15.5 Å². The molecule has 3 heterocycles. The van der Waals surface area contributed by atoms with Gasteiger partial charge >= 0.3 is 18.1 Å². The molecule has 4 N–H and O–H groups in total. The highest BCUT2D eigenvalue weighted by Gasteiger charge is 2.38. The first-order valence-corrected chi connectivity index (χ1v) is 14.3. The number of nitrogens with one attached hydrogen (secondary N) is 2. The Labute approximate surface area is 242 Å². The lowest BCUT2D eigenvalue weighted by Crippen LogP contribution is -2.44. The van der Waals surface area contributed by atoms with Gasteiger partial charge in [0.2, 0.25) is 5.95 Å². The predicted octanol–water partition coefficient (Wildman–Crippen LogP) is 3.46. The summed E-state index contributed by atoms with van der Waals surface area (Å²) in [6.07, 6.45) is -5.08. The Morgan fingerprint density at radius 1 is 1.12 bits per heavy atom. The third kappa shape index (κ3) is 8.57. The summed E-state index contributed by atoms with van der Waals surface area (Å²) in [5.74, 6) is -1.16. The van der Waals surface area contributed by atoms with E-state index in [1.807, 2.05) is 25.1 Å². The van der Waals surface area contributed by atoms with Crippen LogP contribution in [0, 0.1) is 11.3 Å². The highest BCUT2D eigenvalue weighted by atomic mass is 32.2. The predicted molar refractivity (Wildman–Crippen MR) is 155 cm³/mol. The van der Waals surface area contributed by atoms with Gasteiger partial charge in [-0.3, -0.25) is 0 Å². The number of carboxylic acid groups (broad SMARTS) is 2. The van der Waals surface area contributed by atoms with Crippen LogP contribution in [0.1, 0.15) is 25.0 Å². The number of piperazine rings is 1. The van der Waals surface area contributed by atoms with Crippen molar-refractivity contribution in [2.75, 3.05) is 54.5 Å². The molecule has 2 aliphatic rings. The number of nitrogens with zero attached hydrogens (tertiary/aromatic N) is 6. The molecular formula is C26H31F3N8O4S. The van der Waals surface area contributed by atoms with E-state index >= 15 is 0 Å². The average molecular weight is 609 g/mol. The van der Waals surface area contributed by atoms with Crippen molar-refractivity contribution in [1.82, 2.24) is 14.9 Å². The second-order valence-electron chi connectivity index (χ2n) is 9.23. The monoisotopic (exact) mass is 608 g/mol. The van der Waals surface area contributed by atoms with Crippen molar-refractivity contribution in [3.05, 3.63) is 52.1 Å². The Balaban J connectivity index is 0.000000616. The van der Waals surface area contributed by atoms with E-state index < -0.39 is 29.0 Å². The lowest BCUT2D eigenvalue weighted by Gasteiger charge is -2.33. The summed E-state index contributed by atoms with van der Waals surface area (Å²) in [6.45, 7) is 7.84. The maximum atomic E-state index is 11.8. The molecule has 0 radical (unpaired) electrons. The number of aromatic nitrogens is 2. The minimum absolute atomic E-state index is 0.374. The zero-order chi connectivity index (χ0) is 31.0. The molecule has 1 aromatic heterocycles. The number of aliphatic imine (C=N–C) groups is 1. The molecular weight excluding hydrogens is 577 g/mol. The van der Waals surface area contributed by atoms with E-state index in [0.717, 1.165) is 37.6 Å². The lowest BCUT2D eigenvalue weighted by molar-refractivity contribution is -0.192. The van der Waals surface area contributed by atoms with Crippen molar-refractivity contribution in [1.29, 1.82) is 5.26 Å². The van der Waals surface area contributed by atoms with Gasteiger partial charge in [-0.15, -0.1) is 0 Å². The summed E-state index contributed by atoms with van der Waals surface area (Å²) in [6, 6.07) is 11.5. The summed E-state index contributed by atoms with van der Waals surface area (Å²) >= 11 is 0. The Hall–Kier alpha value is -4.36. The van der Waals surface area contributed by atoms with Gasteiger partial charge in [0.05, 0.1) is 17.3 Å². The molecule has 4 rings (SSSR count). The van der Waals surface area contributed by atoms with Gasteiger partial charge < -0.3 is 30.6 Å². The van der Waals surface area contributed by atoms with E-state index in [2.05, 4.69) is 43.5 Å². The summed E-state index contributed by atoms with van der Waals surface area (Å²) in [5.41, 5.74) is 2.18. The van der Waals surface area contributed by atoms with Crippen molar-refractivity contribution in [3.63, 3.8) is 0 Å². The molecule has 226 valence electrons. The molecule has 1 unspecified atom stereocenters. The molecule has 1 fully saturated rings. The lowest BCUT2D eigenvalue weighted by atomic mass is 10.1. The maximum Gasteiger partial charge on any atom is 0.490 e. The maximum absolute atomic E-state index is 11.8. The van der Waals surface area contributed by atoms with Gasteiger partial charge in [0.25, 0.3) is 0 Å². The number of hydrogen-bond acceptors (Lipinski definition) is 10. The van der Waals surface area contributed by atoms with Crippen LogP contribution in [0.2, 0.25) is 0 Å². The topological polar surface area (TPSA) is 167 Å². The number of hydrogen-bond donors (Lipinski definition) is 5. The van der Waals surface area contributed by atoms with Gasteiger partial charge in [0.1, 0.15) is 16.5 Å². The quantitative estimate of drug-likeness (QED) is 0.292. The van der Waals surface area contributed by atoms with Crippen LogP contribution in [0.15, 0.2) is 45.9 Å². The van der Waals surface area contributed by atoms with E-state index in [1.165, 1.54) is 0 Å². The third-order valence-corrected chi connectivity index (χ3v) is 8.63. The van der Waals surface area contributed by atoms with Gasteiger partial charge in [-0.2, -0.15) is 39.3 Å². The highest BCUT2D eigenvalue weighted by molar-refractivity contribution is 8.34.